The highest BCUT2D eigenvalue weighted by molar-refractivity contribution is 5.77. The van der Waals surface area contributed by atoms with E-state index in [9.17, 15) is 4.79 Å². The van der Waals surface area contributed by atoms with Crippen molar-refractivity contribution in [1.82, 2.24) is 5.32 Å². The molecule has 4 heteroatoms. The fraction of sp³-hybridized carbons (Fsp3) is 0.846. The summed E-state index contributed by atoms with van der Waals surface area (Å²) >= 11 is 0. The van der Waals surface area contributed by atoms with Gasteiger partial charge in [0.15, 0.2) is 0 Å². The monoisotopic (exact) mass is 245 g/mol. The molecule has 0 aliphatic carbocycles. The molecule has 0 atom stereocenters. The Morgan fingerprint density at radius 1 is 1.24 bits per heavy atom. The molecule has 0 aromatic rings. The van der Waals surface area contributed by atoms with Gasteiger partial charge in [-0.25, -0.2) is 0 Å². The minimum absolute atomic E-state index is 0.250. The summed E-state index contributed by atoms with van der Waals surface area (Å²) in [4.78, 5) is 19.3. The first-order valence-electron chi connectivity index (χ1n) is 6.41. The minimum Gasteiger partial charge on any atom is -0.483 e. The van der Waals surface area contributed by atoms with Crippen molar-refractivity contribution < 1.29 is 14.7 Å². The Balaban J connectivity index is 0. The Hall–Kier alpha value is -0.900. The molecule has 0 saturated carbocycles. The third-order valence-corrected chi connectivity index (χ3v) is 2.33. The molecule has 0 radical (unpaired) electrons. The van der Waals surface area contributed by atoms with E-state index in [1.165, 1.54) is 19.3 Å². The van der Waals surface area contributed by atoms with E-state index in [4.69, 9.17) is 9.90 Å². The second kappa shape index (κ2) is 15.1. The van der Waals surface area contributed by atoms with Gasteiger partial charge >= 0.3 is 0 Å². The fourth-order valence-corrected chi connectivity index (χ4v) is 1.37. The van der Waals surface area contributed by atoms with Crippen molar-refractivity contribution in [2.75, 3.05) is 6.54 Å². The molecule has 0 amide bonds. The first-order chi connectivity index (χ1) is 8.08. The topological polar surface area (TPSA) is 66.4 Å². The van der Waals surface area contributed by atoms with Crippen molar-refractivity contribution in [2.24, 2.45) is 0 Å². The van der Waals surface area contributed by atoms with Crippen molar-refractivity contribution in [3.05, 3.63) is 0 Å². The van der Waals surface area contributed by atoms with Gasteiger partial charge in [0.05, 0.1) is 0 Å². The molecule has 0 unspecified atom stereocenters. The lowest BCUT2D eigenvalue weighted by Gasteiger charge is -2.07. The lowest BCUT2D eigenvalue weighted by atomic mass is 10.1. The molecule has 0 rings (SSSR count). The summed E-state index contributed by atoms with van der Waals surface area (Å²) in [5.41, 5.74) is 0. The highest BCUT2D eigenvalue weighted by Crippen LogP contribution is 2.04. The first kappa shape index (κ1) is 18.5. The number of carbonyl (C=O) groups excluding carboxylic acids is 1. The molecular formula is C13H27NO3. The summed E-state index contributed by atoms with van der Waals surface area (Å²) in [6.45, 7) is 7.13. The molecule has 2 N–H and O–H groups in total. The summed E-state index contributed by atoms with van der Waals surface area (Å²) in [6.07, 6.45) is 6.25. The second-order valence-corrected chi connectivity index (χ2v) is 4.27. The quantitative estimate of drug-likeness (QED) is 0.484. The van der Waals surface area contributed by atoms with Crippen molar-refractivity contribution in [3.63, 3.8) is 0 Å². The van der Waals surface area contributed by atoms with Gasteiger partial charge in [-0.05, 0) is 19.4 Å². The molecule has 0 aliphatic rings. The molecule has 102 valence electrons. The van der Waals surface area contributed by atoms with E-state index in [1.54, 1.807) is 0 Å². The van der Waals surface area contributed by atoms with Gasteiger partial charge in [0.2, 0.25) is 0 Å². The van der Waals surface area contributed by atoms with Crippen LogP contribution in [0.15, 0.2) is 0 Å². The molecule has 17 heavy (non-hydrogen) atoms. The van der Waals surface area contributed by atoms with E-state index in [0.717, 1.165) is 19.4 Å². The van der Waals surface area contributed by atoms with Gasteiger partial charge in [-0.15, -0.1) is 0 Å². The second-order valence-electron chi connectivity index (χ2n) is 4.27. The Kier molecular flexibility index (Phi) is 16.4. The van der Waals surface area contributed by atoms with E-state index in [-0.39, 0.29) is 6.47 Å². The van der Waals surface area contributed by atoms with Crippen LogP contribution in [0.3, 0.4) is 0 Å². The zero-order valence-electron chi connectivity index (χ0n) is 11.4. The molecule has 0 bridgehead atoms. The third-order valence-electron chi connectivity index (χ3n) is 2.33. The number of carbonyl (C=O) groups is 2. The first-order valence-corrected chi connectivity index (χ1v) is 6.41. The maximum atomic E-state index is 11.0. The van der Waals surface area contributed by atoms with E-state index >= 15 is 0 Å². The van der Waals surface area contributed by atoms with Crippen LogP contribution in [0.2, 0.25) is 0 Å². The van der Waals surface area contributed by atoms with Crippen LogP contribution in [0.4, 0.5) is 0 Å². The molecule has 0 aromatic carbocycles. The van der Waals surface area contributed by atoms with Crippen LogP contribution < -0.4 is 5.32 Å². The number of ketones is 1. The van der Waals surface area contributed by atoms with Crippen LogP contribution in [-0.2, 0) is 9.59 Å². The molecule has 0 aliphatic heterocycles. The summed E-state index contributed by atoms with van der Waals surface area (Å²) in [5, 5.41) is 10.3. The average Bonchev–Trinajstić information content (AvgIpc) is 2.28. The SMILES string of the molecule is CCC(=O)CCCCCCNC(C)C.O=CO. The lowest BCUT2D eigenvalue weighted by molar-refractivity contribution is -0.123. The van der Waals surface area contributed by atoms with Gasteiger partial charge in [-0.2, -0.15) is 0 Å². The molecule has 0 fully saturated rings. The van der Waals surface area contributed by atoms with Gasteiger partial charge in [-0.3, -0.25) is 9.59 Å². The zero-order chi connectivity index (χ0) is 13.5. The summed E-state index contributed by atoms with van der Waals surface area (Å²) in [7, 11) is 0. The number of unbranched alkanes of at least 4 members (excludes halogenated alkanes) is 3. The largest absolute Gasteiger partial charge is 0.483 e. The van der Waals surface area contributed by atoms with Crippen molar-refractivity contribution in [2.45, 2.75) is 65.3 Å². The number of rotatable bonds is 9. The van der Waals surface area contributed by atoms with Gasteiger partial charge in [0.25, 0.3) is 6.47 Å². The normalized spacial score (nSPS) is 9.65. The van der Waals surface area contributed by atoms with Crippen molar-refractivity contribution in [1.29, 1.82) is 0 Å². The predicted molar refractivity (Wildman–Crippen MR) is 70.2 cm³/mol. The molecule has 4 nitrogen and oxygen atoms in total. The van der Waals surface area contributed by atoms with Gasteiger partial charge in [0, 0.05) is 18.9 Å². The lowest BCUT2D eigenvalue weighted by Crippen LogP contribution is -2.23. The summed E-state index contributed by atoms with van der Waals surface area (Å²) in [6, 6.07) is 0.594. The van der Waals surface area contributed by atoms with Crippen LogP contribution in [0, 0.1) is 0 Å². The maximum absolute atomic E-state index is 11.0. The highest BCUT2D eigenvalue weighted by Gasteiger charge is 1.97. The van der Waals surface area contributed by atoms with E-state index in [2.05, 4.69) is 19.2 Å². The zero-order valence-corrected chi connectivity index (χ0v) is 11.4. The maximum Gasteiger partial charge on any atom is 0.290 e. The van der Waals surface area contributed by atoms with Gasteiger partial charge in [-0.1, -0.05) is 33.6 Å². The van der Waals surface area contributed by atoms with E-state index in [0.29, 0.717) is 18.2 Å². The molecule has 0 spiro atoms. The van der Waals surface area contributed by atoms with Crippen LogP contribution >= 0.6 is 0 Å². The summed E-state index contributed by atoms with van der Waals surface area (Å²) in [5.74, 6) is 0.408. The fourth-order valence-electron chi connectivity index (χ4n) is 1.37. The molecule has 0 heterocycles. The van der Waals surface area contributed by atoms with Crippen LogP contribution in [0.25, 0.3) is 0 Å². The number of nitrogens with one attached hydrogen (secondary N) is 1. The highest BCUT2D eigenvalue weighted by atomic mass is 16.3. The van der Waals surface area contributed by atoms with Crippen LogP contribution in [0.5, 0.6) is 0 Å². The van der Waals surface area contributed by atoms with E-state index < -0.39 is 0 Å². The van der Waals surface area contributed by atoms with Crippen LogP contribution in [0.1, 0.15) is 59.3 Å². The minimum atomic E-state index is -0.250. The Morgan fingerprint density at radius 2 is 1.76 bits per heavy atom. The molecule has 0 saturated heterocycles. The van der Waals surface area contributed by atoms with E-state index in [1.807, 2.05) is 6.92 Å². The number of hydrogen-bond acceptors (Lipinski definition) is 3. The Morgan fingerprint density at radius 3 is 2.24 bits per heavy atom. The van der Waals surface area contributed by atoms with Crippen molar-refractivity contribution in [3.8, 4) is 0 Å². The predicted octanol–water partition coefficient (Wildman–Crippen LogP) is 2.61. The molecule has 0 aromatic heterocycles. The number of carboxylic acid groups (broad SMARTS) is 1. The standard InChI is InChI=1S/C12H25NO.CH2O2/c1-4-12(14)9-7-5-6-8-10-13-11(2)3;2-1-3/h11,13H,4-10H2,1-3H3;1H,(H,2,3). The van der Waals surface area contributed by atoms with Gasteiger partial charge in [0.1, 0.15) is 5.78 Å². The third kappa shape index (κ3) is 21.0. The van der Waals surface area contributed by atoms with Crippen molar-refractivity contribution >= 4 is 12.3 Å². The average molecular weight is 245 g/mol. The Bertz CT molecular complexity index is 182. The smallest absolute Gasteiger partial charge is 0.290 e. The molecular weight excluding hydrogens is 218 g/mol. The Labute approximate surface area is 105 Å². The number of hydrogen-bond donors (Lipinski definition) is 2. The van der Waals surface area contributed by atoms with Crippen LogP contribution in [-0.4, -0.2) is 29.9 Å². The summed E-state index contributed by atoms with van der Waals surface area (Å²) < 4.78 is 0. The number of Topliss-reactive ketones (excluding diaryl/α,β-unsaturated/α-hetero) is 1. The van der Waals surface area contributed by atoms with Gasteiger partial charge < -0.3 is 10.4 Å².